The number of nitrogens with zero attached hydrogens (tertiary/aromatic N) is 4. The van der Waals surface area contributed by atoms with E-state index in [0.717, 1.165) is 11.1 Å². The number of methoxy groups -OCH3 is 1. The molecule has 136 valence electrons. The second-order valence-corrected chi connectivity index (χ2v) is 6.06. The number of tetrazole rings is 1. The molecule has 0 aliphatic rings. The third kappa shape index (κ3) is 4.15. The van der Waals surface area contributed by atoms with Crippen molar-refractivity contribution in [2.45, 2.75) is 20.1 Å². The summed E-state index contributed by atoms with van der Waals surface area (Å²) in [5, 5.41) is 11.3. The van der Waals surface area contributed by atoms with E-state index in [1.807, 2.05) is 31.2 Å². The van der Waals surface area contributed by atoms with Crippen LogP contribution in [0.2, 0.25) is 5.02 Å². The van der Waals surface area contributed by atoms with Gasteiger partial charge in [-0.05, 0) is 34.5 Å². The standard InChI is InChI=1S/C17H19ClN6O2/c1-11-3-5-12(6-4-11)10-26-16-8-14(18)13(7-15(16)25-2)9-20-24-17(19)21-22-23-24/h3-8,20H,9-10H2,1-2H3,(H2,19,21,23). The predicted molar refractivity (Wildman–Crippen MR) is 98.8 cm³/mol. The number of hydrogen-bond acceptors (Lipinski definition) is 7. The number of hydrogen-bond donors (Lipinski definition) is 2. The van der Waals surface area contributed by atoms with Gasteiger partial charge in [0.2, 0.25) is 0 Å². The molecule has 8 nitrogen and oxygen atoms in total. The molecule has 3 aromatic rings. The number of halogens is 1. The average Bonchev–Trinajstić information content (AvgIpc) is 3.05. The van der Waals surface area contributed by atoms with Gasteiger partial charge in [0.1, 0.15) is 6.61 Å². The predicted octanol–water partition coefficient (Wildman–Crippen LogP) is 2.55. The van der Waals surface area contributed by atoms with Crippen LogP contribution < -0.4 is 20.6 Å². The molecule has 0 radical (unpaired) electrons. The van der Waals surface area contributed by atoms with E-state index in [2.05, 4.69) is 21.0 Å². The van der Waals surface area contributed by atoms with Gasteiger partial charge in [0.15, 0.2) is 11.5 Å². The van der Waals surface area contributed by atoms with Crippen molar-refractivity contribution in [2.24, 2.45) is 0 Å². The molecule has 1 aromatic heterocycles. The molecule has 0 fully saturated rings. The highest BCUT2D eigenvalue weighted by Crippen LogP contribution is 2.34. The number of benzene rings is 2. The van der Waals surface area contributed by atoms with Crippen LogP contribution in [-0.2, 0) is 13.2 Å². The van der Waals surface area contributed by atoms with Crippen molar-refractivity contribution in [3.8, 4) is 11.5 Å². The first-order valence-corrected chi connectivity index (χ1v) is 8.27. The molecular weight excluding hydrogens is 356 g/mol. The topological polar surface area (TPSA) is 100 Å². The Bertz CT molecular complexity index is 881. The van der Waals surface area contributed by atoms with E-state index in [-0.39, 0.29) is 5.95 Å². The summed E-state index contributed by atoms with van der Waals surface area (Å²) in [6.45, 7) is 2.83. The van der Waals surface area contributed by atoms with Gasteiger partial charge in [-0.2, -0.15) is 0 Å². The lowest BCUT2D eigenvalue weighted by Gasteiger charge is -2.14. The van der Waals surface area contributed by atoms with E-state index in [4.69, 9.17) is 26.8 Å². The molecule has 3 rings (SSSR count). The largest absolute Gasteiger partial charge is 0.493 e. The Balaban J connectivity index is 1.71. The van der Waals surface area contributed by atoms with Gasteiger partial charge in [-0.15, -0.1) is 4.79 Å². The Hall–Kier alpha value is -3.00. The van der Waals surface area contributed by atoms with Crippen LogP contribution >= 0.6 is 11.6 Å². The maximum Gasteiger partial charge on any atom is 0.260 e. The zero-order valence-electron chi connectivity index (χ0n) is 14.4. The third-order valence-electron chi connectivity index (χ3n) is 3.76. The molecule has 0 saturated heterocycles. The first-order chi connectivity index (χ1) is 12.6. The van der Waals surface area contributed by atoms with Crippen LogP contribution in [0.15, 0.2) is 36.4 Å². The number of ether oxygens (including phenoxy) is 2. The Morgan fingerprint density at radius 1 is 1.19 bits per heavy atom. The summed E-state index contributed by atoms with van der Waals surface area (Å²) in [6.07, 6.45) is 0. The Labute approximate surface area is 155 Å². The lowest BCUT2D eigenvalue weighted by molar-refractivity contribution is 0.284. The van der Waals surface area contributed by atoms with E-state index in [1.54, 1.807) is 19.2 Å². The molecule has 0 saturated carbocycles. The van der Waals surface area contributed by atoms with Gasteiger partial charge in [-0.3, -0.25) is 0 Å². The van der Waals surface area contributed by atoms with Gasteiger partial charge in [0.05, 0.1) is 13.7 Å². The molecule has 0 aliphatic heterocycles. The Morgan fingerprint density at radius 3 is 2.62 bits per heavy atom. The fraction of sp³-hybridized carbons (Fsp3) is 0.235. The van der Waals surface area contributed by atoms with Crippen LogP contribution in [0.5, 0.6) is 11.5 Å². The summed E-state index contributed by atoms with van der Waals surface area (Å²) in [4.78, 5) is 1.27. The number of rotatable bonds is 7. The van der Waals surface area contributed by atoms with E-state index in [9.17, 15) is 0 Å². The first-order valence-electron chi connectivity index (χ1n) is 7.89. The second kappa shape index (κ2) is 7.92. The number of nitrogens with two attached hydrogens (primary N) is 1. The van der Waals surface area contributed by atoms with Gasteiger partial charge in [0.25, 0.3) is 5.95 Å². The monoisotopic (exact) mass is 374 g/mol. The number of nitrogens with one attached hydrogen (secondary N) is 1. The lowest BCUT2D eigenvalue weighted by Crippen LogP contribution is -2.18. The summed E-state index contributed by atoms with van der Waals surface area (Å²) >= 11 is 6.37. The highest BCUT2D eigenvalue weighted by molar-refractivity contribution is 6.31. The fourth-order valence-electron chi connectivity index (χ4n) is 2.30. The van der Waals surface area contributed by atoms with Crippen molar-refractivity contribution >= 4 is 17.5 Å². The molecule has 0 amide bonds. The minimum atomic E-state index is 0.158. The maximum absolute atomic E-state index is 6.37. The van der Waals surface area contributed by atoms with E-state index < -0.39 is 0 Å². The lowest BCUT2D eigenvalue weighted by atomic mass is 10.1. The van der Waals surface area contributed by atoms with Crippen molar-refractivity contribution in [3.63, 3.8) is 0 Å². The maximum atomic E-state index is 6.37. The van der Waals surface area contributed by atoms with Crippen LogP contribution in [0.3, 0.4) is 0 Å². The SMILES string of the molecule is COc1cc(CNn2nnnc2N)c(Cl)cc1OCc1ccc(C)cc1. The van der Waals surface area contributed by atoms with Crippen LogP contribution in [-0.4, -0.2) is 27.4 Å². The molecular formula is C17H19ClN6O2. The van der Waals surface area contributed by atoms with Gasteiger partial charge >= 0.3 is 0 Å². The molecule has 0 spiro atoms. The van der Waals surface area contributed by atoms with Crippen LogP contribution in [0.25, 0.3) is 0 Å². The van der Waals surface area contributed by atoms with Crippen molar-refractivity contribution in [2.75, 3.05) is 18.3 Å². The van der Waals surface area contributed by atoms with Crippen molar-refractivity contribution in [1.29, 1.82) is 0 Å². The number of nitrogen functional groups attached to an aromatic ring is 1. The number of anilines is 1. The summed E-state index contributed by atoms with van der Waals surface area (Å²) in [5.41, 5.74) is 11.6. The van der Waals surface area contributed by atoms with Gasteiger partial charge in [0, 0.05) is 11.1 Å². The Kier molecular flexibility index (Phi) is 5.43. The average molecular weight is 375 g/mol. The normalized spacial score (nSPS) is 10.6. The van der Waals surface area contributed by atoms with Gasteiger partial charge in [-0.1, -0.05) is 46.5 Å². The van der Waals surface area contributed by atoms with Crippen LogP contribution in [0.1, 0.15) is 16.7 Å². The number of aryl methyl sites for hydroxylation is 1. The molecule has 0 bridgehead atoms. The van der Waals surface area contributed by atoms with Gasteiger partial charge in [-0.25, -0.2) is 0 Å². The minimum absolute atomic E-state index is 0.158. The first kappa shape index (κ1) is 17.8. The summed E-state index contributed by atoms with van der Waals surface area (Å²) < 4.78 is 11.3. The minimum Gasteiger partial charge on any atom is -0.493 e. The molecule has 0 atom stereocenters. The molecule has 0 aliphatic carbocycles. The molecule has 26 heavy (non-hydrogen) atoms. The van der Waals surface area contributed by atoms with E-state index >= 15 is 0 Å². The molecule has 0 unspecified atom stereocenters. The fourth-order valence-corrected chi connectivity index (χ4v) is 2.52. The molecule has 1 heterocycles. The quantitative estimate of drug-likeness (QED) is 0.655. The van der Waals surface area contributed by atoms with Crippen molar-refractivity contribution in [3.05, 3.63) is 58.1 Å². The molecule has 9 heteroatoms. The van der Waals surface area contributed by atoms with Crippen molar-refractivity contribution in [1.82, 2.24) is 20.3 Å². The Morgan fingerprint density at radius 2 is 1.96 bits per heavy atom. The van der Waals surface area contributed by atoms with E-state index in [1.165, 1.54) is 10.4 Å². The smallest absolute Gasteiger partial charge is 0.260 e. The zero-order valence-corrected chi connectivity index (χ0v) is 15.2. The van der Waals surface area contributed by atoms with Gasteiger partial charge < -0.3 is 20.6 Å². The highest BCUT2D eigenvalue weighted by Gasteiger charge is 2.12. The highest BCUT2D eigenvalue weighted by atomic mass is 35.5. The number of aromatic nitrogens is 4. The summed E-state index contributed by atoms with van der Waals surface area (Å²) in [5.74, 6) is 1.32. The summed E-state index contributed by atoms with van der Waals surface area (Å²) in [7, 11) is 1.58. The molecule has 2 aromatic carbocycles. The third-order valence-corrected chi connectivity index (χ3v) is 4.11. The second-order valence-electron chi connectivity index (χ2n) is 5.65. The molecule has 3 N–H and O–H groups in total. The van der Waals surface area contributed by atoms with E-state index in [0.29, 0.717) is 29.7 Å². The van der Waals surface area contributed by atoms with Crippen molar-refractivity contribution < 1.29 is 9.47 Å². The van der Waals surface area contributed by atoms with Crippen LogP contribution in [0, 0.1) is 6.92 Å². The summed E-state index contributed by atoms with van der Waals surface area (Å²) in [6, 6.07) is 11.7. The van der Waals surface area contributed by atoms with Crippen LogP contribution in [0.4, 0.5) is 5.95 Å². The zero-order chi connectivity index (χ0) is 18.5.